The van der Waals surface area contributed by atoms with Gasteiger partial charge in [-0.25, -0.2) is 4.98 Å². The molecule has 2 aromatic heterocycles. The highest BCUT2D eigenvalue weighted by Gasteiger charge is 2.35. The molecule has 5 heterocycles. The maximum atomic E-state index is 9.53. The summed E-state index contributed by atoms with van der Waals surface area (Å²) in [6, 6.07) is 15.9. The van der Waals surface area contributed by atoms with E-state index in [1.54, 1.807) is 6.20 Å². The molecule has 6 rings (SSSR count). The SMILES string of the molecule is C[C@@H]1CN(c2ccc(C#N)c3ncccc23)C[C@@H]2CCN(c3ccc4c(n3)CNCC4)CCN21. The third-order valence-electron chi connectivity index (χ3n) is 7.76. The fraction of sp³-hybridized carbons (Fsp3) is 0.444. The standard InChI is InChI=1S/C27H31N7/c1-19-17-33(25-6-4-21(15-28)27-23(25)3-2-10-30-27)18-22-9-12-32(13-14-34(19)22)26-7-5-20-8-11-29-16-24(20)31-26/h2-7,10,19,22,29H,8-9,11-14,16-18H2,1H3/t19-,22+/m1/s1. The van der Waals surface area contributed by atoms with Crippen LogP contribution < -0.4 is 15.1 Å². The van der Waals surface area contributed by atoms with Crippen molar-refractivity contribution in [1.29, 1.82) is 5.26 Å². The first-order valence-electron chi connectivity index (χ1n) is 12.4. The second-order valence-corrected chi connectivity index (χ2v) is 9.77. The normalized spacial score (nSPS) is 23.2. The van der Waals surface area contributed by atoms with Gasteiger partial charge in [-0.3, -0.25) is 9.88 Å². The van der Waals surface area contributed by atoms with E-state index in [9.17, 15) is 5.26 Å². The van der Waals surface area contributed by atoms with Gasteiger partial charge in [-0.1, -0.05) is 6.07 Å². The number of anilines is 2. The van der Waals surface area contributed by atoms with Gasteiger partial charge >= 0.3 is 0 Å². The summed E-state index contributed by atoms with van der Waals surface area (Å²) in [6.07, 6.45) is 3.97. The number of hydrogen-bond acceptors (Lipinski definition) is 7. The lowest BCUT2D eigenvalue weighted by molar-refractivity contribution is 0.130. The summed E-state index contributed by atoms with van der Waals surface area (Å²) in [5.74, 6) is 1.12. The molecule has 7 nitrogen and oxygen atoms in total. The first-order valence-corrected chi connectivity index (χ1v) is 12.4. The van der Waals surface area contributed by atoms with Crippen LogP contribution in [0.3, 0.4) is 0 Å². The summed E-state index contributed by atoms with van der Waals surface area (Å²) in [7, 11) is 0. The van der Waals surface area contributed by atoms with Crippen molar-refractivity contribution >= 4 is 22.4 Å². The lowest BCUT2D eigenvalue weighted by Gasteiger charge is -2.46. The zero-order valence-electron chi connectivity index (χ0n) is 19.7. The largest absolute Gasteiger partial charge is 0.368 e. The van der Waals surface area contributed by atoms with E-state index in [4.69, 9.17) is 4.98 Å². The Morgan fingerprint density at radius 2 is 2.00 bits per heavy atom. The molecule has 1 aromatic carbocycles. The Balaban J connectivity index is 1.23. The van der Waals surface area contributed by atoms with Crippen LogP contribution in [0.5, 0.6) is 0 Å². The van der Waals surface area contributed by atoms with Gasteiger partial charge in [-0.2, -0.15) is 5.26 Å². The van der Waals surface area contributed by atoms with Crippen molar-refractivity contribution in [2.24, 2.45) is 0 Å². The number of benzene rings is 1. The van der Waals surface area contributed by atoms with E-state index in [1.807, 2.05) is 12.1 Å². The van der Waals surface area contributed by atoms with Gasteiger partial charge in [0.2, 0.25) is 0 Å². The van der Waals surface area contributed by atoms with Crippen molar-refractivity contribution in [3.05, 3.63) is 59.4 Å². The summed E-state index contributed by atoms with van der Waals surface area (Å²) in [6.45, 7) is 9.36. The fourth-order valence-electron chi connectivity index (χ4n) is 5.99. The van der Waals surface area contributed by atoms with Gasteiger partial charge in [0.25, 0.3) is 0 Å². The van der Waals surface area contributed by atoms with Crippen LogP contribution in [0.4, 0.5) is 11.5 Å². The molecule has 2 atom stereocenters. The van der Waals surface area contributed by atoms with Crippen molar-refractivity contribution in [3.63, 3.8) is 0 Å². The third kappa shape index (κ3) is 3.77. The molecule has 174 valence electrons. The molecule has 2 fully saturated rings. The second kappa shape index (κ2) is 8.86. The van der Waals surface area contributed by atoms with Gasteiger partial charge in [0.05, 0.1) is 16.8 Å². The Morgan fingerprint density at radius 3 is 2.91 bits per heavy atom. The van der Waals surface area contributed by atoms with Crippen LogP contribution in [0.2, 0.25) is 0 Å². The van der Waals surface area contributed by atoms with E-state index < -0.39 is 0 Å². The van der Waals surface area contributed by atoms with Gasteiger partial charge in [-0.05, 0) is 62.2 Å². The molecule has 0 unspecified atom stereocenters. The number of nitrogens with one attached hydrogen (secondary N) is 1. The van der Waals surface area contributed by atoms with Crippen molar-refractivity contribution in [2.45, 2.75) is 38.4 Å². The van der Waals surface area contributed by atoms with Crippen LogP contribution in [0, 0.1) is 11.3 Å². The molecule has 0 aliphatic carbocycles. The number of piperazine rings is 1. The van der Waals surface area contributed by atoms with Gasteiger partial charge in [-0.15, -0.1) is 0 Å². The average molecular weight is 454 g/mol. The molecule has 0 bridgehead atoms. The molecule has 0 amide bonds. The first kappa shape index (κ1) is 21.3. The Hall–Kier alpha value is -3.21. The highest BCUT2D eigenvalue weighted by atomic mass is 15.3. The minimum absolute atomic E-state index is 0.460. The Kier molecular flexibility index (Phi) is 5.56. The number of hydrogen-bond donors (Lipinski definition) is 1. The van der Waals surface area contributed by atoms with Crippen LogP contribution in [0.25, 0.3) is 10.9 Å². The highest BCUT2D eigenvalue weighted by Crippen LogP contribution is 2.32. The van der Waals surface area contributed by atoms with Crippen LogP contribution >= 0.6 is 0 Å². The lowest BCUT2D eigenvalue weighted by atomic mass is 10.0. The Bertz CT molecular complexity index is 1250. The molecule has 3 aliphatic heterocycles. The van der Waals surface area contributed by atoms with Crippen LogP contribution in [0.1, 0.15) is 30.2 Å². The molecule has 1 N–H and O–H groups in total. The van der Waals surface area contributed by atoms with Gasteiger partial charge < -0.3 is 15.1 Å². The number of aromatic nitrogens is 2. The maximum Gasteiger partial charge on any atom is 0.128 e. The third-order valence-corrected chi connectivity index (χ3v) is 7.76. The molecule has 2 saturated heterocycles. The summed E-state index contributed by atoms with van der Waals surface area (Å²) in [5, 5.41) is 14.1. The Labute approximate surface area is 201 Å². The minimum atomic E-state index is 0.460. The lowest BCUT2D eigenvalue weighted by Crippen LogP contribution is -2.58. The van der Waals surface area contributed by atoms with Crippen molar-refractivity contribution in [2.75, 3.05) is 49.1 Å². The molecule has 7 heteroatoms. The van der Waals surface area contributed by atoms with Crippen LogP contribution in [0.15, 0.2) is 42.6 Å². The molecule has 0 saturated carbocycles. The topological polar surface area (TPSA) is 71.3 Å². The number of nitrogens with zero attached hydrogens (tertiary/aromatic N) is 6. The van der Waals surface area contributed by atoms with E-state index >= 15 is 0 Å². The summed E-state index contributed by atoms with van der Waals surface area (Å²) in [5.41, 5.74) is 5.25. The summed E-state index contributed by atoms with van der Waals surface area (Å²) >= 11 is 0. The van der Waals surface area contributed by atoms with E-state index in [0.29, 0.717) is 17.6 Å². The summed E-state index contributed by atoms with van der Waals surface area (Å²) < 4.78 is 0. The number of rotatable bonds is 2. The molecular formula is C27H31N7. The highest BCUT2D eigenvalue weighted by molar-refractivity contribution is 5.95. The molecule has 3 aliphatic rings. The van der Waals surface area contributed by atoms with Crippen molar-refractivity contribution in [3.8, 4) is 6.07 Å². The van der Waals surface area contributed by atoms with Crippen LogP contribution in [-0.4, -0.2) is 66.2 Å². The molecule has 34 heavy (non-hydrogen) atoms. The first-order chi connectivity index (χ1) is 16.7. The van der Waals surface area contributed by atoms with E-state index in [0.717, 1.165) is 75.4 Å². The maximum absolute atomic E-state index is 9.53. The predicted molar refractivity (Wildman–Crippen MR) is 135 cm³/mol. The van der Waals surface area contributed by atoms with E-state index in [2.05, 4.69) is 62.3 Å². The molecule has 0 spiro atoms. The van der Waals surface area contributed by atoms with Crippen molar-refractivity contribution < 1.29 is 0 Å². The zero-order chi connectivity index (χ0) is 23.1. The quantitative estimate of drug-likeness (QED) is 0.640. The fourth-order valence-corrected chi connectivity index (χ4v) is 5.99. The second-order valence-electron chi connectivity index (χ2n) is 9.77. The predicted octanol–water partition coefficient (Wildman–Crippen LogP) is 2.94. The minimum Gasteiger partial charge on any atom is -0.368 e. The number of pyridine rings is 2. The molecule has 0 radical (unpaired) electrons. The van der Waals surface area contributed by atoms with Crippen LogP contribution in [-0.2, 0) is 13.0 Å². The molecule has 3 aromatic rings. The van der Waals surface area contributed by atoms with E-state index in [1.165, 1.54) is 16.9 Å². The van der Waals surface area contributed by atoms with Gasteiger partial charge in [0.15, 0.2) is 0 Å². The molecular weight excluding hydrogens is 422 g/mol. The van der Waals surface area contributed by atoms with Gasteiger partial charge in [0.1, 0.15) is 11.9 Å². The van der Waals surface area contributed by atoms with Gasteiger partial charge in [0, 0.05) is 68.6 Å². The summed E-state index contributed by atoms with van der Waals surface area (Å²) in [4.78, 5) is 17.2. The van der Waals surface area contributed by atoms with Crippen molar-refractivity contribution in [1.82, 2.24) is 20.2 Å². The monoisotopic (exact) mass is 453 g/mol. The Morgan fingerprint density at radius 1 is 1.06 bits per heavy atom. The average Bonchev–Trinajstić information content (AvgIpc) is 3.11. The number of nitriles is 1. The number of fused-ring (bicyclic) bond motifs is 3. The zero-order valence-corrected chi connectivity index (χ0v) is 19.7. The van der Waals surface area contributed by atoms with E-state index in [-0.39, 0.29) is 0 Å². The smallest absolute Gasteiger partial charge is 0.128 e.